The third-order valence-electron chi connectivity index (χ3n) is 3.11. The maximum atomic E-state index is 12.1. The smallest absolute Gasteiger partial charge is 0.241 e. The average molecular weight is 271 g/mol. The predicted octanol–water partition coefficient (Wildman–Crippen LogP) is 1.02. The van der Waals surface area contributed by atoms with Crippen molar-refractivity contribution in [3.8, 4) is 5.75 Å². The Balaban J connectivity index is 2.32. The van der Waals surface area contributed by atoms with Gasteiger partial charge in [-0.1, -0.05) is 0 Å². The van der Waals surface area contributed by atoms with E-state index in [1.807, 2.05) is 6.92 Å². The van der Waals surface area contributed by atoms with Crippen LogP contribution < -0.4 is 9.46 Å². The van der Waals surface area contributed by atoms with Gasteiger partial charge in [-0.2, -0.15) is 0 Å². The second kappa shape index (κ2) is 4.53. The molecule has 1 aromatic rings. The summed E-state index contributed by atoms with van der Waals surface area (Å²) < 4.78 is 31.9. The Morgan fingerprint density at radius 3 is 2.61 bits per heavy atom. The molecule has 0 amide bonds. The highest BCUT2D eigenvalue weighted by molar-refractivity contribution is 7.89. The number of nitrogens with one attached hydrogen (secondary N) is 1. The van der Waals surface area contributed by atoms with Gasteiger partial charge in [0.2, 0.25) is 10.0 Å². The van der Waals surface area contributed by atoms with E-state index in [1.165, 1.54) is 19.2 Å². The fourth-order valence-electron chi connectivity index (χ4n) is 1.72. The topological polar surface area (TPSA) is 75.6 Å². The van der Waals surface area contributed by atoms with E-state index in [1.54, 1.807) is 6.07 Å². The Morgan fingerprint density at radius 1 is 1.44 bits per heavy atom. The number of sulfonamides is 1. The first kappa shape index (κ1) is 13.3. The summed E-state index contributed by atoms with van der Waals surface area (Å²) in [7, 11) is -2.05. The van der Waals surface area contributed by atoms with E-state index in [2.05, 4.69) is 4.72 Å². The van der Waals surface area contributed by atoms with Crippen LogP contribution >= 0.6 is 0 Å². The molecule has 6 heteroatoms. The fourth-order valence-corrected chi connectivity index (χ4v) is 3.23. The Morgan fingerprint density at radius 2 is 2.11 bits per heavy atom. The zero-order valence-electron chi connectivity index (χ0n) is 10.4. The first-order chi connectivity index (χ1) is 8.40. The molecule has 0 radical (unpaired) electrons. The Labute approximate surface area is 107 Å². The summed E-state index contributed by atoms with van der Waals surface area (Å²) in [5.41, 5.74) is 0.152. The molecule has 0 aromatic heterocycles. The number of methoxy groups -OCH3 is 1. The minimum atomic E-state index is -3.53. The lowest BCUT2D eigenvalue weighted by atomic mass is 10.2. The first-order valence-electron chi connectivity index (χ1n) is 5.72. The van der Waals surface area contributed by atoms with Crippen molar-refractivity contribution in [2.75, 3.05) is 7.11 Å². The number of aliphatic hydroxyl groups is 1. The van der Waals surface area contributed by atoms with Gasteiger partial charge in [-0.15, -0.1) is 0 Å². The highest BCUT2D eigenvalue weighted by Gasteiger charge is 2.41. The van der Waals surface area contributed by atoms with Crippen LogP contribution in [0.5, 0.6) is 5.75 Å². The van der Waals surface area contributed by atoms with Crippen LogP contribution in [0.2, 0.25) is 0 Å². The highest BCUT2D eigenvalue weighted by atomic mass is 32.2. The van der Waals surface area contributed by atoms with Crippen LogP contribution in [0.3, 0.4) is 0 Å². The van der Waals surface area contributed by atoms with E-state index in [0.29, 0.717) is 11.3 Å². The minimum Gasteiger partial charge on any atom is -0.496 e. The molecule has 1 aromatic carbocycles. The number of benzene rings is 1. The van der Waals surface area contributed by atoms with Crippen LogP contribution in [0.1, 0.15) is 25.3 Å². The Kier molecular flexibility index (Phi) is 3.35. The first-order valence-corrected chi connectivity index (χ1v) is 7.20. The maximum absolute atomic E-state index is 12.1. The number of ether oxygens (including phenoxy) is 1. The van der Waals surface area contributed by atoms with E-state index in [-0.39, 0.29) is 17.0 Å². The average Bonchev–Trinajstić information content (AvgIpc) is 3.04. The second-order valence-corrected chi connectivity index (χ2v) is 6.48. The third kappa shape index (κ3) is 2.66. The lowest BCUT2D eigenvalue weighted by molar-refractivity contribution is 0.273. The summed E-state index contributed by atoms with van der Waals surface area (Å²) in [5, 5.41) is 9.19. The molecule has 0 spiro atoms. The van der Waals surface area contributed by atoms with Crippen LogP contribution in [0.4, 0.5) is 0 Å². The highest BCUT2D eigenvalue weighted by Crippen LogP contribution is 2.36. The normalized spacial score (nSPS) is 17.5. The van der Waals surface area contributed by atoms with Crippen LogP contribution in [0.15, 0.2) is 23.1 Å². The molecule has 0 aliphatic heterocycles. The summed E-state index contributed by atoms with van der Waals surface area (Å²) >= 11 is 0. The molecule has 0 saturated heterocycles. The second-order valence-electron chi connectivity index (χ2n) is 4.80. The molecule has 18 heavy (non-hydrogen) atoms. The predicted molar refractivity (Wildman–Crippen MR) is 66.9 cm³/mol. The molecule has 1 aliphatic rings. The fraction of sp³-hybridized carbons (Fsp3) is 0.500. The van der Waals surface area contributed by atoms with Gasteiger partial charge in [0.25, 0.3) is 0 Å². The van der Waals surface area contributed by atoms with Gasteiger partial charge in [-0.25, -0.2) is 13.1 Å². The number of aliphatic hydroxyl groups excluding tert-OH is 1. The Hall–Kier alpha value is -1.11. The van der Waals surface area contributed by atoms with Gasteiger partial charge in [0, 0.05) is 11.1 Å². The molecule has 1 fully saturated rings. The molecule has 100 valence electrons. The van der Waals surface area contributed by atoms with Gasteiger partial charge in [-0.05, 0) is 38.0 Å². The van der Waals surface area contributed by atoms with Crippen molar-refractivity contribution in [1.82, 2.24) is 4.72 Å². The van der Waals surface area contributed by atoms with Crippen molar-refractivity contribution < 1.29 is 18.3 Å². The van der Waals surface area contributed by atoms with E-state index in [4.69, 9.17) is 4.74 Å². The van der Waals surface area contributed by atoms with Crippen molar-refractivity contribution in [2.24, 2.45) is 0 Å². The summed E-state index contributed by atoms with van der Waals surface area (Å²) in [5.74, 6) is 0.481. The van der Waals surface area contributed by atoms with Crippen LogP contribution in [-0.2, 0) is 16.6 Å². The molecular formula is C12H17NO4S. The number of rotatable bonds is 5. The van der Waals surface area contributed by atoms with Crippen LogP contribution in [-0.4, -0.2) is 26.2 Å². The van der Waals surface area contributed by atoms with Crippen molar-refractivity contribution in [2.45, 2.75) is 36.8 Å². The van der Waals surface area contributed by atoms with Crippen molar-refractivity contribution in [3.05, 3.63) is 23.8 Å². The molecule has 0 atom stereocenters. The summed E-state index contributed by atoms with van der Waals surface area (Å²) in [4.78, 5) is 0.153. The maximum Gasteiger partial charge on any atom is 0.241 e. The van der Waals surface area contributed by atoms with Gasteiger partial charge >= 0.3 is 0 Å². The molecular weight excluding hydrogens is 254 g/mol. The zero-order valence-corrected chi connectivity index (χ0v) is 11.3. The molecule has 1 saturated carbocycles. The van der Waals surface area contributed by atoms with E-state index in [9.17, 15) is 13.5 Å². The molecule has 0 unspecified atom stereocenters. The molecule has 2 rings (SSSR count). The SMILES string of the molecule is COc1ccc(S(=O)(=O)NC2(C)CC2)cc1CO. The van der Waals surface area contributed by atoms with Crippen molar-refractivity contribution >= 4 is 10.0 Å². The summed E-state index contributed by atoms with van der Waals surface area (Å²) in [6, 6.07) is 4.47. The molecule has 5 nitrogen and oxygen atoms in total. The summed E-state index contributed by atoms with van der Waals surface area (Å²) in [6.07, 6.45) is 1.71. The number of hydrogen-bond acceptors (Lipinski definition) is 4. The lowest BCUT2D eigenvalue weighted by Crippen LogP contribution is -2.34. The molecule has 0 heterocycles. The van der Waals surface area contributed by atoms with E-state index < -0.39 is 10.0 Å². The van der Waals surface area contributed by atoms with E-state index in [0.717, 1.165) is 12.8 Å². The van der Waals surface area contributed by atoms with Gasteiger partial charge in [-0.3, -0.25) is 0 Å². The van der Waals surface area contributed by atoms with Crippen LogP contribution in [0.25, 0.3) is 0 Å². The van der Waals surface area contributed by atoms with Crippen molar-refractivity contribution in [1.29, 1.82) is 0 Å². The third-order valence-corrected chi connectivity index (χ3v) is 4.75. The largest absolute Gasteiger partial charge is 0.496 e. The lowest BCUT2D eigenvalue weighted by Gasteiger charge is -2.14. The van der Waals surface area contributed by atoms with Gasteiger partial charge in [0.15, 0.2) is 0 Å². The minimum absolute atomic E-state index is 0.153. The van der Waals surface area contributed by atoms with Crippen molar-refractivity contribution in [3.63, 3.8) is 0 Å². The van der Waals surface area contributed by atoms with E-state index >= 15 is 0 Å². The standard InChI is InChI=1S/C12H17NO4S/c1-12(5-6-12)13-18(15,16)10-3-4-11(17-2)9(7-10)8-14/h3-4,7,13-14H,5-6,8H2,1-2H3. The molecule has 1 aliphatic carbocycles. The molecule has 2 N–H and O–H groups in total. The zero-order chi connectivity index (χ0) is 13.4. The van der Waals surface area contributed by atoms with Gasteiger partial charge < -0.3 is 9.84 Å². The van der Waals surface area contributed by atoms with Crippen LogP contribution in [0, 0.1) is 0 Å². The quantitative estimate of drug-likeness (QED) is 0.838. The molecule has 0 bridgehead atoms. The van der Waals surface area contributed by atoms with Gasteiger partial charge in [0.05, 0.1) is 18.6 Å². The number of hydrogen-bond donors (Lipinski definition) is 2. The van der Waals surface area contributed by atoms with Gasteiger partial charge in [0.1, 0.15) is 5.75 Å². The Bertz CT molecular complexity index is 549. The summed E-state index contributed by atoms with van der Waals surface area (Å²) in [6.45, 7) is 1.62. The monoisotopic (exact) mass is 271 g/mol.